The Morgan fingerprint density at radius 3 is 2.86 bits per heavy atom. The Morgan fingerprint density at radius 2 is 2.14 bits per heavy atom. The molecule has 2 aromatic rings. The van der Waals surface area contributed by atoms with Crippen LogP contribution in [0.15, 0.2) is 59.0 Å². The van der Waals surface area contributed by atoms with Gasteiger partial charge in [0.05, 0.1) is 37.1 Å². The van der Waals surface area contributed by atoms with Gasteiger partial charge in [-0.3, -0.25) is 0 Å². The molecule has 2 N–H and O–H groups in total. The molecule has 0 bridgehead atoms. The summed E-state index contributed by atoms with van der Waals surface area (Å²) in [4.78, 5) is 11.5. The first-order valence-corrected chi connectivity index (χ1v) is 6.69. The molecule has 1 aromatic carbocycles. The molecule has 2 heterocycles. The molecular formula is C16H16N2O3. The standard InChI is InChI=1S/C16H16N2O3/c1-20-16(19)9-12-8-15(11-6-7-21-10-11)18-14-5-3-2-4-13(14)17-12/h2-7,9-10,15,17-18H,8H2,1H3/b12-9-. The highest BCUT2D eigenvalue weighted by Crippen LogP contribution is 2.34. The lowest BCUT2D eigenvalue weighted by molar-refractivity contribution is -0.134. The van der Waals surface area contributed by atoms with Gasteiger partial charge in [-0.05, 0) is 18.2 Å². The van der Waals surface area contributed by atoms with Crippen molar-refractivity contribution in [3.63, 3.8) is 0 Å². The Hall–Kier alpha value is -2.69. The molecule has 1 aliphatic rings. The number of anilines is 2. The topological polar surface area (TPSA) is 63.5 Å². The Morgan fingerprint density at radius 1 is 1.33 bits per heavy atom. The smallest absolute Gasteiger partial charge is 0.332 e. The third-order valence-electron chi connectivity index (χ3n) is 3.41. The van der Waals surface area contributed by atoms with Crippen LogP contribution in [-0.2, 0) is 9.53 Å². The Labute approximate surface area is 122 Å². The molecule has 0 aliphatic carbocycles. The first-order chi connectivity index (χ1) is 10.3. The van der Waals surface area contributed by atoms with Crippen LogP contribution in [0.4, 0.5) is 11.4 Å². The maximum Gasteiger partial charge on any atom is 0.332 e. The largest absolute Gasteiger partial charge is 0.472 e. The van der Waals surface area contributed by atoms with Crippen LogP contribution in [0.3, 0.4) is 0 Å². The summed E-state index contributed by atoms with van der Waals surface area (Å²) in [5.41, 5.74) is 3.74. The third-order valence-corrected chi connectivity index (χ3v) is 3.41. The van der Waals surface area contributed by atoms with E-state index in [1.54, 1.807) is 12.5 Å². The summed E-state index contributed by atoms with van der Waals surface area (Å²) in [6, 6.07) is 9.82. The first-order valence-electron chi connectivity index (χ1n) is 6.69. The fourth-order valence-electron chi connectivity index (χ4n) is 2.37. The van der Waals surface area contributed by atoms with Crippen molar-refractivity contribution < 1.29 is 13.9 Å². The molecule has 0 radical (unpaired) electrons. The number of furan rings is 1. The molecule has 5 heteroatoms. The number of esters is 1. The van der Waals surface area contributed by atoms with Gasteiger partial charge in [-0.1, -0.05) is 12.1 Å². The number of para-hydroxylation sites is 2. The van der Waals surface area contributed by atoms with Gasteiger partial charge in [0.25, 0.3) is 0 Å². The van der Waals surface area contributed by atoms with Gasteiger partial charge in [-0.2, -0.15) is 0 Å². The monoisotopic (exact) mass is 284 g/mol. The minimum Gasteiger partial charge on any atom is -0.472 e. The van der Waals surface area contributed by atoms with Crippen LogP contribution >= 0.6 is 0 Å². The zero-order chi connectivity index (χ0) is 14.7. The molecule has 5 nitrogen and oxygen atoms in total. The maximum absolute atomic E-state index is 11.5. The summed E-state index contributed by atoms with van der Waals surface area (Å²) in [6.45, 7) is 0. The molecule has 21 heavy (non-hydrogen) atoms. The van der Waals surface area contributed by atoms with E-state index in [2.05, 4.69) is 10.6 Å². The van der Waals surface area contributed by atoms with Gasteiger partial charge in [-0.15, -0.1) is 0 Å². The Kier molecular flexibility index (Phi) is 3.64. The number of nitrogens with one attached hydrogen (secondary N) is 2. The number of ether oxygens (including phenoxy) is 1. The lowest BCUT2D eigenvalue weighted by Crippen LogP contribution is -2.10. The average Bonchev–Trinajstić information content (AvgIpc) is 2.96. The highest BCUT2D eigenvalue weighted by atomic mass is 16.5. The summed E-state index contributed by atoms with van der Waals surface area (Å²) >= 11 is 0. The van der Waals surface area contributed by atoms with E-state index < -0.39 is 0 Å². The molecule has 0 saturated carbocycles. The van der Waals surface area contributed by atoms with Crippen molar-refractivity contribution in [2.45, 2.75) is 12.5 Å². The van der Waals surface area contributed by atoms with E-state index >= 15 is 0 Å². The number of hydrogen-bond donors (Lipinski definition) is 2. The van der Waals surface area contributed by atoms with E-state index in [4.69, 9.17) is 9.15 Å². The van der Waals surface area contributed by atoms with E-state index in [0.29, 0.717) is 6.42 Å². The second kappa shape index (κ2) is 5.75. The third kappa shape index (κ3) is 2.91. The lowest BCUT2D eigenvalue weighted by Gasteiger charge is -2.15. The molecule has 0 amide bonds. The highest BCUT2D eigenvalue weighted by molar-refractivity contribution is 5.84. The zero-order valence-corrected chi connectivity index (χ0v) is 11.6. The molecule has 1 aliphatic heterocycles. The van der Waals surface area contributed by atoms with Crippen molar-refractivity contribution in [2.75, 3.05) is 17.7 Å². The van der Waals surface area contributed by atoms with Crippen molar-refractivity contribution in [1.82, 2.24) is 0 Å². The predicted octanol–water partition coefficient (Wildman–Crippen LogP) is 3.31. The van der Waals surface area contributed by atoms with Crippen LogP contribution in [-0.4, -0.2) is 13.1 Å². The molecule has 1 atom stereocenters. The van der Waals surface area contributed by atoms with Crippen molar-refractivity contribution in [3.8, 4) is 0 Å². The molecule has 1 unspecified atom stereocenters. The van der Waals surface area contributed by atoms with Crippen molar-refractivity contribution in [3.05, 3.63) is 60.2 Å². The lowest BCUT2D eigenvalue weighted by atomic mass is 10.1. The molecule has 0 fully saturated rings. The summed E-state index contributed by atoms with van der Waals surface area (Å²) in [6.07, 6.45) is 5.46. The summed E-state index contributed by atoms with van der Waals surface area (Å²) < 4.78 is 9.88. The van der Waals surface area contributed by atoms with Crippen LogP contribution in [0.1, 0.15) is 18.0 Å². The van der Waals surface area contributed by atoms with Gasteiger partial charge in [0.1, 0.15) is 0 Å². The fraction of sp³-hybridized carbons (Fsp3) is 0.188. The van der Waals surface area contributed by atoms with E-state index in [9.17, 15) is 4.79 Å². The number of fused-ring (bicyclic) bond motifs is 1. The Bertz CT molecular complexity index is 662. The van der Waals surface area contributed by atoms with E-state index in [0.717, 1.165) is 22.6 Å². The number of carbonyl (C=O) groups excluding carboxylic acids is 1. The fourth-order valence-corrected chi connectivity index (χ4v) is 2.37. The number of hydrogen-bond acceptors (Lipinski definition) is 5. The molecule has 3 rings (SSSR count). The van der Waals surface area contributed by atoms with Gasteiger partial charge in [-0.25, -0.2) is 4.79 Å². The molecule has 1 aromatic heterocycles. The van der Waals surface area contributed by atoms with Crippen molar-refractivity contribution >= 4 is 17.3 Å². The molecule has 0 saturated heterocycles. The number of rotatable bonds is 2. The highest BCUT2D eigenvalue weighted by Gasteiger charge is 2.21. The first kappa shape index (κ1) is 13.3. The van der Waals surface area contributed by atoms with Crippen LogP contribution in [0, 0.1) is 0 Å². The number of carbonyl (C=O) groups is 1. The quantitative estimate of drug-likeness (QED) is 0.654. The second-order valence-electron chi connectivity index (χ2n) is 4.82. The van der Waals surface area contributed by atoms with E-state index in [1.807, 2.05) is 30.3 Å². The van der Waals surface area contributed by atoms with Gasteiger partial charge in [0.2, 0.25) is 0 Å². The van der Waals surface area contributed by atoms with Gasteiger partial charge < -0.3 is 19.8 Å². The number of methoxy groups -OCH3 is 1. The summed E-state index contributed by atoms with van der Waals surface area (Å²) in [5, 5.41) is 6.75. The second-order valence-corrected chi connectivity index (χ2v) is 4.82. The maximum atomic E-state index is 11.5. The van der Waals surface area contributed by atoms with Gasteiger partial charge in [0.15, 0.2) is 0 Å². The minimum atomic E-state index is -0.372. The minimum absolute atomic E-state index is 0.0239. The average molecular weight is 284 g/mol. The summed E-state index contributed by atoms with van der Waals surface area (Å²) in [7, 11) is 1.37. The zero-order valence-electron chi connectivity index (χ0n) is 11.6. The van der Waals surface area contributed by atoms with Crippen LogP contribution < -0.4 is 10.6 Å². The molecule has 0 spiro atoms. The summed E-state index contributed by atoms with van der Waals surface area (Å²) in [5.74, 6) is -0.372. The normalized spacial score (nSPS) is 19.1. The Balaban J connectivity index is 1.98. The van der Waals surface area contributed by atoms with Crippen LogP contribution in [0.25, 0.3) is 0 Å². The molecule has 108 valence electrons. The van der Waals surface area contributed by atoms with E-state index in [-0.39, 0.29) is 12.0 Å². The van der Waals surface area contributed by atoms with E-state index in [1.165, 1.54) is 13.2 Å². The molecular weight excluding hydrogens is 268 g/mol. The SMILES string of the molecule is COC(=O)/C=C1/CC(c2ccoc2)Nc2ccccc2N1. The predicted molar refractivity (Wildman–Crippen MR) is 79.9 cm³/mol. The van der Waals surface area contributed by atoms with Gasteiger partial charge >= 0.3 is 5.97 Å². The van der Waals surface area contributed by atoms with Crippen molar-refractivity contribution in [1.29, 1.82) is 0 Å². The van der Waals surface area contributed by atoms with Crippen LogP contribution in [0.2, 0.25) is 0 Å². The van der Waals surface area contributed by atoms with Crippen molar-refractivity contribution in [2.24, 2.45) is 0 Å². The van der Waals surface area contributed by atoms with Gasteiger partial charge in [0, 0.05) is 23.8 Å². The number of benzene rings is 1. The van der Waals surface area contributed by atoms with Crippen LogP contribution in [0.5, 0.6) is 0 Å².